The van der Waals surface area contributed by atoms with Crippen molar-refractivity contribution in [3.63, 3.8) is 0 Å². The van der Waals surface area contributed by atoms with Crippen LogP contribution in [0.5, 0.6) is 0 Å². The molecule has 1 aliphatic heterocycles. The Hall–Kier alpha value is -2.12. The number of aromatic nitrogens is 1. The van der Waals surface area contributed by atoms with Gasteiger partial charge in [0.2, 0.25) is 0 Å². The number of benzene rings is 1. The van der Waals surface area contributed by atoms with Crippen molar-refractivity contribution in [3.05, 3.63) is 63.4 Å². The van der Waals surface area contributed by atoms with Crippen LogP contribution in [-0.2, 0) is 6.54 Å². The summed E-state index contributed by atoms with van der Waals surface area (Å²) in [4.78, 5) is 21.2. The number of hydrogen-bond acceptors (Lipinski definition) is 5. The molecule has 0 unspecified atom stereocenters. The van der Waals surface area contributed by atoms with Crippen LogP contribution in [0, 0.1) is 10.1 Å². The van der Waals surface area contributed by atoms with Crippen molar-refractivity contribution in [2.24, 2.45) is 4.99 Å². The molecule has 3 rings (SSSR count). The zero-order valence-electron chi connectivity index (χ0n) is 12.1. The molecule has 0 bridgehead atoms. The molecule has 1 saturated heterocycles. The first kappa shape index (κ1) is 15.8. The van der Waals surface area contributed by atoms with E-state index in [1.807, 2.05) is 6.07 Å². The second-order valence-corrected chi connectivity index (χ2v) is 6.38. The average molecular weight is 349 g/mol. The highest BCUT2D eigenvalue weighted by molar-refractivity contribution is 8.14. The van der Waals surface area contributed by atoms with Crippen LogP contribution in [0.4, 0.5) is 11.4 Å². The van der Waals surface area contributed by atoms with Gasteiger partial charge < -0.3 is 4.90 Å². The Morgan fingerprint density at radius 3 is 3.00 bits per heavy atom. The van der Waals surface area contributed by atoms with Crippen LogP contribution < -0.4 is 0 Å². The van der Waals surface area contributed by atoms with Gasteiger partial charge in [-0.1, -0.05) is 35.5 Å². The number of halogens is 1. The van der Waals surface area contributed by atoms with Crippen LogP contribution in [-0.4, -0.2) is 32.3 Å². The number of thioether (sulfide) groups is 1. The Morgan fingerprint density at radius 1 is 1.39 bits per heavy atom. The van der Waals surface area contributed by atoms with Gasteiger partial charge in [0.25, 0.3) is 5.69 Å². The first-order chi connectivity index (χ1) is 11.1. The molecule has 0 amide bonds. The number of nitrogens with zero attached hydrogens (tertiary/aromatic N) is 4. The zero-order valence-corrected chi connectivity index (χ0v) is 13.6. The summed E-state index contributed by atoms with van der Waals surface area (Å²) in [6.45, 7) is 1.56. The Labute approximate surface area is 142 Å². The normalized spacial score (nSPS) is 16.0. The summed E-state index contributed by atoms with van der Waals surface area (Å²) in [5, 5.41) is 12.2. The maximum Gasteiger partial charge on any atom is 0.271 e. The fourth-order valence-electron chi connectivity index (χ4n) is 2.19. The Bertz CT molecular complexity index is 751. The highest BCUT2D eigenvalue weighted by Crippen LogP contribution is 2.26. The number of aliphatic imine (C=N–C) groups is 1. The van der Waals surface area contributed by atoms with Crippen LogP contribution in [0.15, 0.2) is 47.6 Å². The van der Waals surface area contributed by atoms with Gasteiger partial charge in [0, 0.05) is 37.2 Å². The number of hydrogen-bond donors (Lipinski definition) is 0. The highest BCUT2D eigenvalue weighted by atomic mass is 35.5. The van der Waals surface area contributed by atoms with Gasteiger partial charge in [-0.2, -0.15) is 0 Å². The van der Waals surface area contributed by atoms with E-state index in [0.717, 1.165) is 23.0 Å². The summed E-state index contributed by atoms with van der Waals surface area (Å²) in [5.41, 5.74) is 1.68. The fraction of sp³-hybridized carbons (Fsp3) is 0.200. The predicted octanol–water partition coefficient (Wildman–Crippen LogP) is 3.88. The zero-order chi connectivity index (χ0) is 16.2. The first-order valence-corrected chi connectivity index (χ1v) is 8.29. The number of amidine groups is 1. The molecule has 0 saturated carbocycles. The van der Waals surface area contributed by atoms with Gasteiger partial charge in [-0.05, 0) is 17.7 Å². The van der Waals surface area contributed by atoms with Crippen molar-refractivity contribution in [3.8, 4) is 0 Å². The molecule has 0 atom stereocenters. The summed E-state index contributed by atoms with van der Waals surface area (Å²) in [6.07, 6.45) is 1.75. The molecular formula is C15H13ClN4O2S. The smallest absolute Gasteiger partial charge is 0.271 e. The monoisotopic (exact) mass is 348 g/mol. The van der Waals surface area contributed by atoms with Crippen molar-refractivity contribution in [2.75, 3.05) is 12.3 Å². The van der Waals surface area contributed by atoms with Gasteiger partial charge in [0.1, 0.15) is 5.15 Å². The van der Waals surface area contributed by atoms with Gasteiger partial charge in [-0.15, -0.1) is 0 Å². The molecule has 23 heavy (non-hydrogen) atoms. The van der Waals surface area contributed by atoms with Crippen LogP contribution in [0.3, 0.4) is 0 Å². The maximum atomic E-state index is 10.8. The minimum absolute atomic E-state index is 0.0447. The second kappa shape index (κ2) is 6.97. The van der Waals surface area contributed by atoms with Crippen molar-refractivity contribution < 1.29 is 4.92 Å². The van der Waals surface area contributed by atoms with E-state index in [1.54, 1.807) is 36.2 Å². The number of non-ortho nitro benzene ring substituents is 1. The van der Waals surface area contributed by atoms with Crippen molar-refractivity contribution in [1.82, 2.24) is 9.88 Å². The standard InChI is InChI=1S/C15H13ClN4O2S/c16-14-5-4-11(9-17-14)10-19-6-7-23-15(19)18-12-2-1-3-13(8-12)20(21)22/h1-5,8-9H,6-7,10H2. The second-order valence-electron chi connectivity index (χ2n) is 4.93. The minimum atomic E-state index is -0.414. The van der Waals surface area contributed by atoms with E-state index in [9.17, 15) is 10.1 Å². The summed E-state index contributed by atoms with van der Waals surface area (Å²) in [6, 6.07) is 10.0. The summed E-state index contributed by atoms with van der Waals surface area (Å²) >= 11 is 7.44. The molecule has 1 fully saturated rings. The van der Waals surface area contributed by atoms with E-state index < -0.39 is 4.92 Å². The lowest BCUT2D eigenvalue weighted by atomic mass is 10.2. The number of nitro groups is 1. The third-order valence-electron chi connectivity index (χ3n) is 3.29. The molecular weight excluding hydrogens is 336 g/mol. The lowest BCUT2D eigenvalue weighted by Crippen LogP contribution is -2.23. The quantitative estimate of drug-likeness (QED) is 0.476. The number of pyridine rings is 1. The van der Waals surface area contributed by atoms with Crippen LogP contribution in [0.2, 0.25) is 5.15 Å². The molecule has 0 aliphatic carbocycles. The Kier molecular flexibility index (Phi) is 4.78. The van der Waals surface area contributed by atoms with E-state index in [2.05, 4.69) is 14.9 Å². The fourth-order valence-corrected chi connectivity index (χ4v) is 3.31. The molecule has 1 aromatic carbocycles. The topological polar surface area (TPSA) is 71.6 Å². The molecule has 0 N–H and O–H groups in total. The molecule has 8 heteroatoms. The lowest BCUT2D eigenvalue weighted by molar-refractivity contribution is -0.384. The summed E-state index contributed by atoms with van der Waals surface area (Å²) in [7, 11) is 0. The van der Waals surface area contributed by atoms with Crippen LogP contribution in [0.1, 0.15) is 5.56 Å². The molecule has 0 spiro atoms. The summed E-state index contributed by atoms with van der Waals surface area (Å²) < 4.78 is 0. The van der Waals surface area contributed by atoms with Gasteiger partial charge in [-0.25, -0.2) is 9.98 Å². The van der Waals surface area contributed by atoms with E-state index in [1.165, 1.54) is 12.1 Å². The molecule has 118 valence electrons. The molecule has 6 nitrogen and oxygen atoms in total. The number of rotatable bonds is 4. The van der Waals surface area contributed by atoms with E-state index in [-0.39, 0.29) is 5.69 Å². The highest BCUT2D eigenvalue weighted by Gasteiger charge is 2.20. The van der Waals surface area contributed by atoms with E-state index >= 15 is 0 Å². The van der Waals surface area contributed by atoms with Crippen LogP contribution in [0.25, 0.3) is 0 Å². The van der Waals surface area contributed by atoms with Gasteiger partial charge in [0.05, 0.1) is 10.6 Å². The molecule has 1 aromatic heterocycles. The molecule has 2 heterocycles. The van der Waals surface area contributed by atoms with Crippen molar-refractivity contribution in [1.29, 1.82) is 0 Å². The average Bonchev–Trinajstić information content (AvgIpc) is 2.97. The Balaban J connectivity index is 1.79. The largest absolute Gasteiger partial charge is 0.346 e. The maximum absolute atomic E-state index is 10.8. The predicted molar refractivity (Wildman–Crippen MR) is 92.3 cm³/mol. The third kappa shape index (κ3) is 4.00. The molecule has 2 aromatic rings. The third-order valence-corrected chi connectivity index (χ3v) is 4.51. The number of nitro benzene ring substituents is 1. The van der Waals surface area contributed by atoms with Crippen LogP contribution >= 0.6 is 23.4 Å². The lowest BCUT2D eigenvalue weighted by Gasteiger charge is -2.17. The molecule has 0 radical (unpaired) electrons. The Morgan fingerprint density at radius 2 is 2.26 bits per heavy atom. The van der Waals surface area contributed by atoms with Gasteiger partial charge in [-0.3, -0.25) is 10.1 Å². The van der Waals surface area contributed by atoms with Gasteiger partial charge >= 0.3 is 0 Å². The van der Waals surface area contributed by atoms with E-state index in [4.69, 9.17) is 11.6 Å². The minimum Gasteiger partial charge on any atom is -0.346 e. The SMILES string of the molecule is O=[N+]([O-])c1cccc(N=C2SCCN2Cc2ccc(Cl)nc2)c1. The molecule has 1 aliphatic rings. The van der Waals surface area contributed by atoms with Gasteiger partial charge in [0.15, 0.2) is 5.17 Å². The van der Waals surface area contributed by atoms with Crippen molar-refractivity contribution in [2.45, 2.75) is 6.54 Å². The van der Waals surface area contributed by atoms with E-state index in [0.29, 0.717) is 17.4 Å². The van der Waals surface area contributed by atoms with Crippen molar-refractivity contribution >= 4 is 39.9 Å². The summed E-state index contributed by atoms with van der Waals surface area (Å²) in [5.74, 6) is 0.939. The first-order valence-electron chi connectivity index (χ1n) is 6.93.